The number of benzene rings is 1. The summed E-state index contributed by atoms with van der Waals surface area (Å²) >= 11 is 6.43. The van der Waals surface area contributed by atoms with Crippen LogP contribution in [0, 0.1) is 13.8 Å². The van der Waals surface area contributed by atoms with Crippen LogP contribution in [0.5, 0.6) is 5.75 Å². The Hall–Kier alpha value is -3.39. The number of hydrogen-bond donors (Lipinski definition) is 0. The molecule has 1 aromatic carbocycles. The molecule has 0 N–H and O–H groups in total. The second kappa shape index (κ2) is 7.56. The van der Waals surface area contributed by atoms with Crippen molar-refractivity contribution in [3.8, 4) is 11.4 Å². The molecular formula is C20H19ClN6O2. The summed E-state index contributed by atoms with van der Waals surface area (Å²) in [6, 6.07) is 7.49. The Bertz CT molecular complexity index is 1230. The quantitative estimate of drug-likeness (QED) is 0.617. The van der Waals surface area contributed by atoms with Gasteiger partial charge in [-0.1, -0.05) is 23.8 Å². The first-order valence-corrected chi connectivity index (χ1v) is 9.37. The van der Waals surface area contributed by atoms with Crippen molar-refractivity contribution in [3.05, 3.63) is 81.2 Å². The van der Waals surface area contributed by atoms with Crippen molar-refractivity contribution >= 4 is 17.3 Å². The van der Waals surface area contributed by atoms with Crippen LogP contribution in [0.4, 0.5) is 0 Å². The molecule has 0 unspecified atom stereocenters. The van der Waals surface area contributed by atoms with Gasteiger partial charge in [0, 0.05) is 18.3 Å². The van der Waals surface area contributed by atoms with E-state index in [0.717, 1.165) is 22.6 Å². The van der Waals surface area contributed by atoms with Crippen molar-refractivity contribution in [2.45, 2.75) is 20.3 Å². The number of halogens is 1. The molecule has 0 saturated carbocycles. The van der Waals surface area contributed by atoms with Crippen LogP contribution >= 0.6 is 11.6 Å². The summed E-state index contributed by atoms with van der Waals surface area (Å²) in [5.74, 6) is 0.504. The molecule has 148 valence electrons. The highest BCUT2D eigenvalue weighted by Crippen LogP contribution is 2.29. The maximum Gasteiger partial charge on any atom is 0.368 e. The molecule has 1 aliphatic rings. The minimum absolute atomic E-state index is 0.329. The Balaban J connectivity index is 1.61. The van der Waals surface area contributed by atoms with Crippen LogP contribution < -0.4 is 10.4 Å². The average molecular weight is 411 g/mol. The van der Waals surface area contributed by atoms with E-state index in [4.69, 9.17) is 16.3 Å². The largest absolute Gasteiger partial charge is 0.463 e. The molecule has 8 nitrogen and oxygen atoms in total. The molecule has 0 aliphatic heterocycles. The number of tetrazole rings is 1. The lowest BCUT2D eigenvalue weighted by Gasteiger charge is -2.13. The zero-order chi connectivity index (χ0) is 20.5. The van der Waals surface area contributed by atoms with Gasteiger partial charge in [-0.25, -0.2) is 9.48 Å². The molecule has 2 aromatic heterocycles. The van der Waals surface area contributed by atoms with E-state index in [2.05, 4.69) is 15.5 Å². The molecule has 3 aromatic rings. The first kappa shape index (κ1) is 18.9. The standard InChI is InChI=1S/C20H19ClN6O2/c1-13-10-14(2)26(22-13)16-8-9-19(17(21)11-16)29-12-15-6-4-5-7-18(15)27-20(28)25(3)23-24-27/h4-5,7-12H,6H2,1-3H3. The Labute approximate surface area is 171 Å². The molecule has 0 saturated heterocycles. The van der Waals surface area contributed by atoms with Gasteiger partial charge in [-0.15, -0.1) is 0 Å². The topological polar surface area (TPSA) is 79.8 Å². The van der Waals surface area contributed by atoms with E-state index in [1.807, 2.05) is 42.8 Å². The highest BCUT2D eigenvalue weighted by atomic mass is 35.5. The smallest absolute Gasteiger partial charge is 0.368 e. The highest BCUT2D eigenvalue weighted by molar-refractivity contribution is 6.32. The van der Waals surface area contributed by atoms with Crippen molar-refractivity contribution < 1.29 is 4.74 Å². The second-order valence-corrected chi connectivity index (χ2v) is 7.10. The summed E-state index contributed by atoms with van der Waals surface area (Å²) in [6.07, 6.45) is 7.80. The molecule has 0 atom stereocenters. The number of hydrogen-bond acceptors (Lipinski definition) is 5. The predicted octanol–water partition coefficient (Wildman–Crippen LogP) is 3.20. The Morgan fingerprint density at radius 2 is 2.00 bits per heavy atom. The maximum absolute atomic E-state index is 12.2. The first-order chi connectivity index (χ1) is 13.9. The third-order valence-corrected chi connectivity index (χ3v) is 4.80. The lowest BCUT2D eigenvalue weighted by molar-refractivity contribution is 0.476. The van der Waals surface area contributed by atoms with Gasteiger partial charge in [-0.3, -0.25) is 0 Å². The lowest BCUT2D eigenvalue weighted by Crippen LogP contribution is -2.24. The Morgan fingerprint density at radius 3 is 2.66 bits per heavy atom. The van der Waals surface area contributed by atoms with Crippen LogP contribution in [0.15, 0.2) is 59.1 Å². The summed E-state index contributed by atoms with van der Waals surface area (Å²) in [7, 11) is 1.55. The molecular weight excluding hydrogens is 392 g/mol. The molecule has 0 amide bonds. The summed E-state index contributed by atoms with van der Waals surface area (Å²) in [4.78, 5) is 12.2. The predicted molar refractivity (Wildman–Crippen MR) is 110 cm³/mol. The van der Waals surface area contributed by atoms with Gasteiger partial charge in [0.05, 0.1) is 28.4 Å². The number of aromatic nitrogens is 6. The number of rotatable bonds is 4. The van der Waals surface area contributed by atoms with Crippen LogP contribution in [-0.2, 0) is 7.05 Å². The molecule has 1 aliphatic carbocycles. The van der Waals surface area contributed by atoms with E-state index in [9.17, 15) is 4.79 Å². The molecule has 4 rings (SSSR count). The molecule has 0 radical (unpaired) electrons. The van der Waals surface area contributed by atoms with Crippen molar-refractivity contribution in [1.29, 1.82) is 0 Å². The normalized spacial score (nSPS) is 15.0. The molecule has 0 fully saturated rings. The average Bonchev–Trinajstić information content (AvgIpc) is 3.22. The highest BCUT2D eigenvalue weighted by Gasteiger charge is 2.16. The van der Waals surface area contributed by atoms with Crippen LogP contribution in [0.1, 0.15) is 17.8 Å². The molecule has 0 bridgehead atoms. The first-order valence-electron chi connectivity index (χ1n) is 8.99. The molecule has 2 heterocycles. The van der Waals surface area contributed by atoms with Gasteiger partial charge in [0.1, 0.15) is 5.75 Å². The minimum atomic E-state index is -0.329. The zero-order valence-electron chi connectivity index (χ0n) is 16.2. The maximum atomic E-state index is 12.2. The van der Waals surface area contributed by atoms with Crippen LogP contribution in [0.3, 0.4) is 0 Å². The fraction of sp³-hybridized carbons (Fsp3) is 0.200. The summed E-state index contributed by atoms with van der Waals surface area (Å²) in [5.41, 5.74) is 3.88. The van der Waals surface area contributed by atoms with Crippen molar-refractivity contribution in [2.75, 3.05) is 0 Å². The fourth-order valence-electron chi connectivity index (χ4n) is 3.09. The van der Waals surface area contributed by atoms with E-state index in [0.29, 0.717) is 22.9 Å². The van der Waals surface area contributed by atoms with Crippen LogP contribution in [0.2, 0.25) is 5.02 Å². The van der Waals surface area contributed by atoms with E-state index < -0.39 is 0 Å². The van der Waals surface area contributed by atoms with Gasteiger partial charge in [0.2, 0.25) is 0 Å². The zero-order valence-corrected chi connectivity index (χ0v) is 17.0. The number of aryl methyl sites for hydroxylation is 3. The molecule has 29 heavy (non-hydrogen) atoms. The van der Waals surface area contributed by atoms with Crippen LogP contribution in [-0.4, -0.2) is 29.6 Å². The van der Waals surface area contributed by atoms with Gasteiger partial charge in [0.25, 0.3) is 0 Å². The number of nitrogens with zero attached hydrogens (tertiary/aromatic N) is 6. The van der Waals surface area contributed by atoms with E-state index >= 15 is 0 Å². The van der Waals surface area contributed by atoms with Gasteiger partial charge < -0.3 is 4.74 Å². The summed E-state index contributed by atoms with van der Waals surface area (Å²) in [6.45, 7) is 3.93. The SMILES string of the molecule is Cc1cc(C)n(-c2ccc(OC=C3CC=CC=C3n3nnn(C)c3=O)c(Cl)c2)n1. The van der Waals surface area contributed by atoms with Gasteiger partial charge in [-0.05, 0) is 61.0 Å². The lowest BCUT2D eigenvalue weighted by atomic mass is 10.1. The van der Waals surface area contributed by atoms with Crippen molar-refractivity contribution in [2.24, 2.45) is 7.05 Å². The monoisotopic (exact) mass is 410 g/mol. The molecule has 0 spiro atoms. The van der Waals surface area contributed by atoms with Gasteiger partial charge in [-0.2, -0.15) is 14.5 Å². The van der Waals surface area contributed by atoms with E-state index in [1.165, 1.54) is 9.36 Å². The third kappa shape index (κ3) is 3.66. The van der Waals surface area contributed by atoms with E-state index in [1.54, 1.807) is 31.5 Å². The Kier molecular flexibility index (Phi) is 4.94. The summed E-state index contributed by atoms with van der Waals surface area (Å²) < 4.78 is 10.1. The Morgan fingerprint density at radius 1 is 1.17 bits per heavy atom. The number of allylic oxidation sites excluding steroid dienone is 5. The summed E-state index contributed by atoms with van der Waals surface area (Å²) in [5, 5.41) is 12.6. The fourth-order valence-corrected chi connectivity index (χ4v) is 3.31. The van der Waals surface area contributed by atoms with Crippen molar-refractivity contribution in [1.82, 2.24) is 29.6 Å². The van der Waals surface area contributed by atoms with E-state index in [-0.39, 0.29) is 5.69 Å². The van der Waals surface area contributed by atoms with Crippen LogP contribution in [0.25, 0.3) is 11.4 Å². The second-order valence-electron chi connectivity index (χ2n) is 6.70. The number of ether oxygens (including phenoxy) is 1. The van der Waals surface area contributed by atoms with Gasteiger partial charge in [0.15, 0.2) is 0 Å². The van der Waals surface area contributed by atoms with Gasteiger partial charge >= 0.3 is 5.69 Å². The minimum Gasteiger partial charge on any atom is -0.463 e. The molecule has 9 heteroatoms. The third-order valence-electron chi connectivity index (χ3n) is 4.50. The van der Waals surface area contributed by atoms with Crippen molar-refractivity contribution in [3.63, 3.8) is 0 Å².